The van der Waals surface area contributed by atoms with Crippen LogP contribution in [0.5, 0.6) is 0 Å². The Morgan fingerprint density at radius 3 is 3.04 bits per heavy atom. The van der Waals surface area contributed by atoms with Crippen molar-refractivity contribution in [3.8, 4) is 0 Å². The van der Waals surface area contributed by atoms with Crippen LogP contribution in [-0.2, 0) is 17.6 Å². The molecule has 1 fully saturated rings. The van der Waals surface area contributed by atoms with E-state index in [9.17, 15) is 4.79 Å². The minimum absolute atomic E-state index is 0.194. The third kappa shape index (κ3) is 3.74. The van der Waals surface area contributed by atoms with Gasteiger partial charge in [0, 0.05) is 24.9 Å². The van der Waals surface area contributed by atoms with Crippen LogP contribution >= 0.6 is 11.3 Å². The Hall–Kier alpha value is -2.21. The lowest BCUT2D eigenvalue weighted by atomic mass is 9.94. The van der Waals surface area contributed by atoms with E-state index in [0.29, 0.717) is 12.3 Å². The summed E-state index contributed by atoms with van der Waals surface area (Å²) in [5.74, 6) is 1.69. The van der Waals surface area contributed by atoms with E-state index < -0.39 is 0 Å². The van der Waals surface area contributed by atoms with Gasteiger partial charge in [-0.15, -0.1) is 11.3 Å². The van der Waals surface area contributed by atoms with E-state index in [1.165, 1.54) is 0 Å². The number of nitrogens with one attached hydrogen (secondary N) is 1. The molecule has 1 amide bonds. The molecule has 1 atom stereocenters. The quantitative estimate of drug-likeness (QED) is 0.781. The summed E-state index contributed by atoms with van der Waals surface area (Å²) in [7, 11) is 0. The highest BCUT2D eigenvalue weighted by atomic mass is 32.1. The monoisotopic (exact) mass is 354 g/mol. The molecule has 1 N–H and O–H groups in total. The number of carbonyl (C=O) groups is 1. The number of thiazole rings is 1. The van der Waals surface area contributed by atoms with Crippen molar-refractivity contribution in [2.75, 3.05) is 13.1 Å². The van der Waals surface area contributed by atoms with Crippen LogP contribution in [0.25, 0.3) is 11.0 Å². The van der Waals surface area contributed by atoms with Crippen molar-refractivity contribution in [2.24, 2.45) is 5.92 Å². The first-order chi connectivity index (χ1) is 12.2. The number of hydrogen-bond donors (Lipinski definition) is 1. The highest BCUT2D eigenvalue weighted by molar-refractivity contribution is 7.09. The Labute approximate surface area is 151 Å². The summed E-state index contributed by atoms with van der Waals surface area (Å²) in [5.41, 5.74) is 2.99. The molecule has 4 rings (SSSR count). The molecule has 3 heterocycles. The maximum Gasteiger partial charge on any atom is 0.228 e. The lowest BCUT2D eigenvalue weighted by Gasteiger charge is -2.32. The van der Waals surface area contributed by atoms with Gasteiger partial charge in [-0.1, -0.05) is 12.1 Å². The zero-order valence-corrected chi connectivity index (χ0v) is 15.2. The summed E-state index contributed by atoms with van der Waals surface area (Å²) < 4.78 is 0. The number of carbonyl (C=O) groups excluding carboxylic acids is 1. The maximum absolute atomic E-state index is 12.6. The zero-order chi connectivity index (χ0) is 17.2. The molecule has 0 spiro atoms. The van der Waals surface area contributed by atoms with Gasteiger partial charge in [0.2, 0.25) is 5.91 Å². The van der Waals surface area contributed by atoms with E-state index in [-0.39, 0.29) is 5.91 Å². The standard InChI is InChI=1S/C19H22N4OS/c1-13-20-15(12-25-13)10-19(24)23-8-4-5-14(11-23)9-18-21-16-6-2-3-7-17(16)22-18/h2-3,6-7,12,14H,4-5,8-11H2,1H3,(H,21,22)/t14-/m1/s1. The van der Waals surface area contributed by atoms with Gasteiger partial charge in [0.15, 0.2) is 0 Å². The average Bonchev–Trinajstić information content (AvgIpc) is 3.20. The summed E-state index contributed by atoms with van der Waals surface area (Å²) in [6.07, 6.45) is 3.53. The van der Waals surface area contributed by atoms with Crippen molar-refractivity contribution in [3.05, 3.63) is 46.2 Å². The third-order valence-corrected chi connectivity index (χ3v) is 5.61. The molecule has 25 heavy (non-hydrogen) atoms. The highest BCUT2D eigenvalue weighted by Crippen LogP contribution is 2.22. The Balaban J connectivity index is 1.39. The molecule has 0 radical (unpaired) electrons. The number of H-pyrrole nitrogens is 1. The van der Waals surface area contributed by atoms with Gasteiger partial charge in [0.05, 0.1) is 28.2 Å². The van der Waals surface area contributed by atoms with Gasteiger partial charge in [0.1, 0.15) is 5.82 Å². The van der Waals surface area contributed by atoms with Crippen molar-refractivity contribution in [3.63, 3.8) is 0 Å². The molecule has 130 valence electrons. The summed E-state index contributed by atoms with van der Waals surface area (Å²) in [5, 5.41) is 3.01. The first kappa shape index (κ1) is 16.3. The number of piperidine rings is 1. The smallest absolute Gasteiger partial charge is 0.228 e. The molecule has 0 aliphatic carbocycles. The van der Waals surface area contributed by atoms with Crippen molar-refractivity contribution >= 4 is 28.3 Å². The van der Waals surface area contributed by atoms with Crippen LogP contribution in [0, 0.1) is 12.8 Å². The lowest BCUT2D eigenvalue weighted by molar-refractivity contribution is -0.132. The summed E-state index contributed by atoms with van der Waals surface area (Å²) in [6.45, 7) is 3.65. The van der Waals surface area contributed by atoms with Gasteiger partial charge in [0.25, 0.3) is 0 Å². The second-order valence-corrected chi connectivity index (χ2v) is 7.85. The van der Waals surface area contributed by atoms with Crippen LogP contribution in [0.1, 0.15) is 29.4 Å². The number of aromatic amines is 1. The van der Waals surface area contributed by atoms with Crippen molar-refractivity contribution in [1.82, 2.24) is 19.9 Å². The lowest BCUT2D eigenvalue weighted by Crippen LogP contribution is -2.41. The second-order valence-electron chi connectivity index (χ2n) is 6.79. The normalized spacial score (nSPS) is 18.0. The van der Waals surface area contributed by atoms with Crippen LogP contribution in [0.2, 0.25) is 0 Å². The first-order valence-corrected chi connectivity index (χ1v) is 9.68. The van der Waals surface area contributed by atoms with Crippen LogP contribution in [0.4, 0.5) is 0 Å². The van der Waals surface area contributed by atoms with E-state index in [1.807, 2.05) is 35.4 Å². The van der Waals surface area contributed by atoms with Gasteiger partial charge >= 0.3 is 0 Å². The number of hydrogen-bond acceptors (Lipinski definition) is 4. The third-order valence-electron chi connectivity index (χ3n) is 4.79. The number of aromatic nitrogens is 3. The largest absolute Gasteiger partial charge is 0.342 e. The number of fused-ring (bicyclic) bond motifs is 1. The second kappa shape index (κ2) is 6.96. The SMILES string of the molecule is Cc1nc(CC(=O)N2CCC[C@H](Cc3nc4ccccc4[nH]3)C2)cs1. The van der Waals surface area contributed by atoms with Crippen LogP contribution in [-0.4, -0.2) is 38.8 Å². The molecule has 1 saturated heterocycles. The van der Waals surface area contributed by atoms with E-state index >= 15 is 0 Å². The summed E-state index contributed by atoms with van der Waals surface area (Å²) in [4.78, 5) is 27.1. The number of para-hydroxylation sites is 2. The van der Waals surface area contributed by atoms with Gasteiger partial charge in [-0.3, -0.25) is 4.79 Å². The molecule has 3 aromatic rings. The van der Waals surface area contributed by atoms with E-state index in [0.717, 1.165) is 59.9 Å². The Morgan fingerprint density at radius 1 is 1.36 bits per heavy atom. The molecule has 1 aliphatic heterocycles. The molecular weight excluding hydrogens is 332 g/mol. The molecule has 6 heteroatoms. The molecule has 0 unspecified atom stereocenters. The minimum atomic E-state index is 0.194. The fourth-order valence-electron chi connectivity index (χ4n) is 3.59. The molecule has 0 bridgehead atoms. The molecular formula is C19H22N4OS. The van der Waals surface area contributed by atoms with Gasteiger partial charge in [-0.25, -0.2) is 9.97 Å². The van der Waals surface area contributed by atoms with Gasteiger partial charge < -0.3 is 9.88 Å². The Morgan fingerprint density at radius 2 is 2.24 bits per heavy atom. The van der Waals surface area contributed by atoms with Crippen molar-refractivity contribution in [2.45, 2.75) is 32.6 Å². The number of likely N-dealkylation sites (tertiary alicyclic amines) is 1. The zero-order valence-electron chi connectivity index (χ0n) is 14.4. The minimum Gasteiger partial charge on any atom is -0.342 e. The Kier molecular flexibility index (Phi) is 4.53. The molecule has 0 saturated carbocycles. The van der Waals surface area contributed by atoms with Crippen LogP contribution < -0.4 is 0 Å². The van der Waals surface area contributed by atoms with Crippen LogP contribution in [0.15, 0.2) is 29.6 Å². The topological polar surface area (TPSA) is 61.9 Å². The molecule has 1 aliphatic rings. The van der Waals surface area contributed by atoms with Crippen molar-refractivity contribution < 1.29 is 4.79 Å². The van der Waals surface area contributed by atoms with E-state index in [1.54, 1.807) is 11.3 Å². The van der Waals surface area contributed by atoms with Gasteiger partial charge in [-0.05, 0) is 37.8 Å². The van der Waals surface area contributed by atoms with Crippen LogP contribution in [0.3, 0.4) is 0 Å². The van der Waals surface area contributed by atoms with E-state index in [4.69, 9.17) is 0 Å². The Bertz CT molecular complexity index is 851. The maximum atomic E-state index is 12.6. The summed E-state index contributed by atoms with van der Waals surface area (Å²) in [6, 6.07) is 8.11. The highest BCUT2D eigenvalue weighted by Gasteiger charge is 2.25. The molecule has 2 aromatic heterocycles. The molecule has 5 nitrogen and oxygen atoms in total. The average molecular weight is 354 g/mol. The fraction of sp³-hybridized carbons (Fsp3) is 0.421. The number of aryl methyl sites for hydroxylation is 1. The van der Waals surface area contributed by atoms with Gasteiger partial charge in [-0.2, -0.15) is 0 Å². The van der Waals surface area contributed by atoms with Crippen molar-refractivity contribution in [1.29, 1.82) is 0 Å². The number of benzene rings is 1. The number of imidazole rings is 1. The number of nitrogens with zero attached hydrogens (tertiary/aromatic N) is 3. The fourth-order valence-corrected chi connectivity index (χ4v) is 4.20. The number of rotatable bonds is 4. The van der Waals surface area contributed by atoms with E-state index in [2.05, 4.69) is 21.0 Å². The first-order valence-electron chi connectivity index (χ1n) is 8.80. The predicted molar refractivity (Wildman–Crippen MR) is 99.7 cm³/mol. The number of amides is 1. The summed E-state index contributed by atoms with van der Waals surface area (Å²) >= 11 is 1.60. The molecule has 1 aromatic carbocycles. The predicted octanol–water partition coefficient (Wildman–Crippen LogP) is 3.35.